The fourth-order valence-corrected chi connectivity index (χ4v) is 3.00. The number of amides is 1. The molecule has 0 saturated carbocycles. The highest BCUT2D eigenvalue weighted by Crippen LogP contribution is 2.15. The third-order valence-corrected chi connectivity index (χ3v) is 4.45. The Morgan fingerprint density at radius 2 is 1.72 bits per heavy atom. The zero-order valence-electron chi connectivity index (χ0n) is 16.3. The van der Waals surface area contributed by atoms with Gasteiger partial charge in [0.25, 0.3) is 5.91 Å². The van der Waals surface area contributed by atoms with Crippen LogP contribution in [0.3, 0.4) is 0 Å². The second-order valence-corrected chi connectivity index (χ2v) is 6.13. The van der Waals surface area contributed by atoms with E-state index in [2.05, 4.69) is 27.2 Å². The molecule has 0 unspecified atom stereocenters. The minimum atomic E-state index is -1.78. The Bertz CT molecular complexity index is 762. The van der Waals surface area contributed by atoms with Crippen molar-refractivity contribution in [2.24, 2.45) is 0 Å². The number of nitrogen functional groups attached to an aromatic ring is 1. The van der Waals surface area contributed by atoms with E-state index < -0.39 is 12.4 Å². The molecule has 2 aromatic rings. The summed E-state index contributed by atoms with van der Waals surface area (Å²) in [7, 11) is 0. The standard InChI is InChI=1S/C20H26N4O/c21-19-10-5-4-9-18(19)20(25)22-11-6-12-23-13-15-24(16-14-23)17-7-2-1-3-8-17/h1-5,7-10H,6,11-16,21H2,(H,22,25)/i11D2. The Kier molecular flexibility index (Phi) is 5.05. The van der Waals surface area contributed by atoms with E-state index in [0.717, 1.165) is 26.2 Å². The number of hydrogen-bond donors (Lipinski definition) is 2. The number of piperazine rings is 1. The monoisotopic (exact) mass is 340 g/mol. The van der Waals surface area contributed by atoms with Crippen LogP contribution >= 0.6 is 0 Å². The Balaban J connectivity index is 1.47. The molecule has 1 aliphatic rings. The number of nitrogens with two attached hydrogens (primary N) is 1. The molecule has 1 aliphatic heterocycles. The topological polar surface area (TPSA) is 61.6 Å². The molecule has 0 radical (unpaired) electrons. The molecule has 3 rings (SSSR count). The van der Waals surface area contributed by atoms with Crippen molar-refractivity contribution in [3.63, 3.8) is 0 Å². The summed E-state index contributed by atoms with van der Waals surface area (Å²) in [5, 5.41) is 2.46. The summed E-state index contributed by atoms with van der Waals surface area (Å²) in [5.41, 5.74) is 7.67. The van der Waals surface area contributed by atoms with Gasteiger partial charge in [0.05, 0.1) is 5.56 Å². The summed E-state index contributed by atoms with van der Waals surface area (Å²) in [4.78, 5) is 16.9. The highest BCUT2D eigenvalue weighted by molar-refractivity contribution is 5.99. The number of nitrogens with zero attached hydrogens (tertiary/aromatic N) is 2. The largest absolute Gasteiger partial charge is 0.398 e. The molecule has 5 heteroatoms. The molecule has 1 saturated heterocycles. The maximum absolute atomic E-state index is 12.3. The first-order valence-electron chi connectivity index (χ1n) is 9.64. The van der Waals surface area contributed by atoms with Crippen LogP contribution in [0, 0.1) is 0 Å². The zero-order valence-corrected chi connectivity index (χ0v) is 14.3. The normalized spacial score (nSPS) is 16.9. The van der Waals surface area contributed by atoms with Crippen molar-refractivity contribution in [2.45, 2.75) is 6.42 Å². The van der Waals surface area contributed by atoms with Gasteiger partial charge in [-0.1, -0.05) is 30.3 Å². The van der Waals surface area contributed by atoms with Crippen molar-refractivity contribution in [1.82, 2.24) is 10.2 Å². The van der Waals surface area contributed by atoms with Crippen LogP contribution in [-0.4, -0.2) is 50.0 Å². The molecule has 25 heavy (non-hydrogen) atoms. The van der Waals surface area contributed by atoms with Gasteiger partial charge in [-0.25, -0.2) is 0 Å². The van der Waals surface area contributed by atoms with Gasteiger partial charge in [0.1, 0.15) is 0 Å². The van der Waals surface area contributed by atoms with Crippen molar-refractivity contribution in [2.75, 3.05) is 49.9 Å². The maximum Gasteiger partial charge on any atom is 0.253 e. The van der Waals surface area contributed by atoms with Gasteiger partial charge in [0.15, 0.2) is 0 Å². The van der Waals surface area contributed by atoms with E-state index >= 15 is 0 Å². The molecule has 3 N–H and O–H groups in total. The Morgan fingerprint density at radius 3 is 2.44 bits per heavy atom. The van der Waals surface area contributed by atoms with Gasteiger partial charge in [-0.05, 0) is 37.2 Å². The lowest BCUT2D eigenvalue weighted by Crippen LogP contribution is -2.47. The van der Waals surface area contributed by atoms with Crippen molar-refractivity contribution in [3.8, 4) is 0 Å². The molecule has 2 aromatic carbocycles. The molecule has 1 fully saturated rings. The minimum Gasteiger partial charge on any atom is -0.398 e. The van der Waals surface area contributed by atoms with E-state index in [1.54, 1.807) is 24.3 Å². The molecule has 132 valence electrons. The van der Waals surface area contributed by atoms with E-state index in [0.29, 0.717) is 17.8 Å². The summed E-state index contributed by atoms with van der Waals surface area (Å²) in [6.07, 6.45) is 0.233. The number of benzene rings is 2. The van der Waals surface area contributed by atoms with Crippen molar-refractivity contribution >= 4 is 17.3 Å². The second-order valence-electron chi connectivity index (χ2n) is 6.13. The third-order valence-electron chi connectivity index (χ3n) is 4.45. The van der Waals surface area contributed by atoms with Crippen molar-refractivity contribution in [3.05, 3.63) is 60.2 Å². The minimum absolute atomic E-state index is 0.233. The lowest BCUT2D eigenvalue weighted by atomic mass is 10.1. The number of nitrogens with one attached hydrogen (secondary N) is 1. The van der Waals surface area contributed by atoms with E-state index in [4.69, 9.17) is 8.48 Å². The molecule has 1 amide bonds. The van der Waals surface area contributed by atoms with E-state index in [1.165, 1.54) is 5.69 Å². The van der Waals surface area contributed by atoms with Gasteiger partial charge in [0, 0.05) is 46.8 Å². The van der Waals surface area contributed by atoms with Crippen LogP contribution in [0.5, 0.6) is 0 Å². The molecule has 0 spiro atoms. The average Bonchev–Trinajstić information content (AvgIpc) is 2.67. The molecular weight excluding hydrogens is 312 g/mol. The van der Waals surface area contributed by atoms with Gasteiger partial charge in [-0.3, -0.25) is 9.69 Å². The Hall–Kier alpha value is -2.53. The van der Waals surface area contributed by atoms with Gasteiger partial charge < -0.3 is 16.0 Å². The second kappa shape index (κ2) is 8.53. The zero-order chi connectivity index (χ0) is 19.3. The van der Waals surface area contributed by atoms with Crippen LogP contribution in [0.15, 0.2) is 54.6 Å². The third kappa shape index (κ3) is 4.73. The number of rotatable bonds is 6. The van der Waals surface area contributed by atoms with Crippen molar-refractivity contribution < 1.29 is 7.54 Å². The van der Waals surface area contributed by atoms with Crippen LogP contribution in [0.1, 0.15) is 19.5 Å². The SMILES string of the molecule is [2H]C([2H])(CCN1CCN(c2ccccc2)CC1)NC(=O)c1ccccc1N. The van der Waals surface area contributed by atoms with Crippen LogP contribution in [0.25, 0.3) is 0 Å². The number of hydrogen-bond acceptors (Lipinski definition) is 4. The van der Waals surface area contributed by atoms with E-state index in [1.807, 2.05) is 18.2 Å². The predicted molar refractivity (Wildman–Crippen MR) is 103 cm³/mol. The average molecular weight is 340 g/mol. The number of carbonyl (C=O) groups is 1. The summed E-state index contributed by atoms with van der Waals surface area (Å²) in [6, 6.07) is 17.0. The fourth-order valence-electron chi connectivity index (χ4n) is 3.00. The molecule has 0 bridgehead atoms. The highest BCUT2D eigenvalue weighted by atomic mass is 16.1. The number of anilines is 2. The first kappa shape index (κ1) is 14.8. The first-order valence-corrected chi connectivity index (χ1v) is 8.64. The lowest BCUT2D eigenvalue weighted by Gasteiger charge is -2.36. The van der Waals surface area contributed by atoms with Gasteiger partial charge >= 0.3 is 0 Å². The molecule has 1 heterocycles. The van der Waals surface area contributed by atoms with Gasteiger partial charge in [-0.15, -0.1) is 0 Å². The predicted octanol–water partition coefficient (Wildman–Crippen LogP) is 2.21. The summed E-state index contributed by atoms with van der Waals surface area (Å²) < 4.78 is 16.3. The highest BCUT2D eigenvalue weighted by Gasteiger charge is 2.16. The van der Waals surface area contributed by atoms with Crippen LogP contribution < -0.4 is 16.0 Å². The first-order chi connectivity index (χ1) is 12.9. The molecule has 0 aliphatic carbocycles. The summed E-state index contributed by atoms with van der Waals surface area (Å²) >= 11 is 0. The van der Waals surface area contributed by atoms with Crippen LogP contribution in [0.4, 0.5) is 11.4 Å². The Morgan fingerprint density at radius 1 is 1.04 bits per heavy atom. The van der Waals surface area contributed by atoms with Gasteiger partial charge in [-0.2, -0.15) is 0 Å². The van der Waals surface area contributed by atoms with E-state index in [-0.39, 0.29) is 6.42 Å². The lowest BCUT2D eigenvalue weighted by molar-refractivity contribution is 0.0952. The van der Waals surface area contributed by atoms with Crippen LogP contribution in [-0.2, 0) is 0 Å². The fraction of sp³-hybridized carbons (Fsp3) is 0.350. The van der Waals surface area contributed by atoms with Gasteiger partial charge in [0.2, 0.25) is 0 Å². The van der Waals surface area contributed by atoms with E-state index in [9.17, 15) is 4.79 Å². The smallest absolute Gasteiger partial charge is 0.253 e. The molecule has 0 atom stereocenters. The molecule has 5 nitrogen and oxygen atoms in total. The van der Waals surface area contributed by atoms with Crippen LogP contribution in [0.2, 0.25) is 0 Å². The Labute approximate surface area is 152 Å². The summed E-state index contributed by atoms with van der Waals surface area (Å²) in [6.45, 7) is 2.41. The molecular formula is C20H26N4O. The number of carbonyl (C=O) groups excluding carboxylic acids is 1. The quantitative estimate of drug-likeness (QED) is 0.792. The maximum atomic E-state index is 12.3. The molecule has 0 aromatic heterocycles. The van der Waals surface area contributed by atoms with Crippen molar-refractivity contribution in [1.29, 1.82) is 0 Å². The summed E-state index contributed by atoms with van der Waals surface area (Å²) in [5.74, 6) is -0.480. The number of para-hydroxylation sites is 2.